The molecule has 82 valence electrons. The first-order chi connectivity index (χ1) is 7.65. The molecule has 0 aliphatic carbocycles. The lowest BCUT2D eigenvalue weighted by molar-refractivity contribution is 0.0987. The Balaban J connectivity index is 2.11. The lowest BCUT2D eigenvalue weighted by Gasteiger charge is -1.99. The average molecular weight is 214 g/mol. The van der Waals surface area contributed by atoms with Gasteiger partial charge in [-0.3, -0.25) is 4.79 Å². The maximum absolute atomic E-state index is 11.9. The molecule has 0 saturated heterocycles. The van der Waals surface area contributed by atoms with Gasteiger partial charge in [-0.25, -0.2) is 0 Å². The Morgan fingerprint density at radius 1 is 1.06 bits per heavy atom. The molecule has 1 aromatic carbocycles. The number of furan rings is 1. The van der Waals surface area contributed by atoms with Crippen molar-refractivity contribution in [3.8, 4) is 0 Å². The molecule has 0 radical (unpaired) electrons. The van der Waals surface area contributed by atoms with Crippen molar-refractivity contribution in [1.29, 1.82) is 0 Å². The smallest absolute Gasteiger partial charge is 0.170 e. The summed E-state index contributed by atoms with van der Waals surface area (Å²) in [4.78, 5) is 11.9. The van der Waals surface area contributed by atoms with E-state index in [0.717, 1.165) is 22.6 Å². The summed E-state index contributed by atoms with van der Waals surface area (Å²) in [5, 5.41) is 0. The highest BCUT2D eigenvalue weighted by molar-refractivity contribution is 5.97. The average Bonchev–Trinajstić information content (AvgIpc) is 2.65. The number of hydrogen-bond donors (Lipinski definition) is 0. The highest BCUT2D eigenvalue weighted by Crippen LogP contribution is 2.11. The van der Waals surface area contributed by atoms with Crippen molar-refractivity contribution in [2.45, 2.75) is 20.3 Å². The number of Topliss-reactive ketones (excluding diaryl/α,β-unsaturated/α-hetero) is 1. The summed E-state index contributed by atoms with van der Waals surface area (Å²) in [6, 6.07) is 11.3. The summed E-state index contributed by atoms with van der Waals surface area (Å²) >= 11 is 0. The first-order valence-corrected chi connectivity index (χ1v) is 5.30. The van der Waals surface area contributed by atoms with Crippen LogP contribution < -0.4 is 0 Å². The van der Waals surface area contributed by atoms with E-state index in [9.17, 15) is 4.79 Å². The molecule has 2 aromatic rings. The summed E-state index contributed by atoms with van der Waals surface area (Å²) in [7, 11) is 0. The lowest BCUT2D eigenvalue weighted by Crippen LogP contribution is -2.02. The van der Waals surface area contributed by atoms with Crippen molar-refractivity contribution in [3.05, 3.63) is 59.0 Å². The van der Waals surface area contributed by atoms with Crippen LogP contribution in [0.1, 0.15) is 27.4 Å². The SMILES string of the molecule is Cc1ccc(C(=O)Cc2ccc(C)o2)cc1. The Labute approximate surface area is 94.9 Å². The molecule has 0 saturated carbocycles. The summed E-state index contributed by atoms with van der Waals surface area (Å²) < 4.78 is 5.38. The van der Waals surface area contributed by atoms with Gasteiger partial charge in [-0.15, -0.1) is 0 Å². The fraction of sp³-hybridized carbons (Fsp3) is 0.214. The number of ketones is 1. The van der Waals surface area contributed by atoms with Crippen molar-refractivity contribution >= 4 is 5.78 Å². The van der Waals surface area contributed by atoms with Crippen molar-refractivity contribution in [3.63, 3.8) is 0 Å². The zero-order valence-corrected chi connectivity index (χ0v) is 9.49. The van der Waals surface area contributed by atoms with E-state index in [-0.39, 0.29) is 5.78 Å². The number of hydrogen-bond acceptors (Lipinski definition) is 2. The van der Waals surface area contributed by atoms with Crippen LogP contribution in [0, 0.1) is 13.8 Å². The van der Waals surface area contributed by atoms with E-state index < -0.39 is 0 Å². The zero-order chi connectivity index (χ0) is 11.5. The van der Waals surface area contributed by atoms with E-state index in [0.29, 0.717) is 6.42 Å². The monoisotopic (exact) mass is 214 g/mol. The van der Waals surface area contributed by atoms with E-state index in [4.69, 9.17) is 4.42 Å². The molecular weight excluding hydrogens is 200 g/mol. The molecule has 0 N–H and O–H groups in total. The summed E-state index contributed by atoms with van der Waals surface area (Å²) in [5.41, 5.74) is 1.89. The minimum atomic E-state index is 0.0920. The molecule has 0 atom stereocenters. The maximum atomic E-state index is 11.9. The topological polar surface area (TPSA) is 30.2 Å². The molecule has 0 fully saturated rings. The Hall–Kier alpha value is -1.83. The van der Waals surface area contributed by atoms with Crippen LogP contribution in [0.25, 0.3) is 0 Å². The van der Waals surface area contributed by atoms with Crippen LogP contribution in [0.2, 0.25) is 0 Å². The minimum Gasteiger partial charge on any atom is -0.466 e. The first-order valence-electron chi connectivity index (χ1n) is 5.30. The van der Waals surface area contributed by atoms with Crippen LogP contribution in [0.5, 0.6) is 0 Å². The Kier molecular flexibility index (Phi) is 2.91. The third-order valence-corrected chi connectivity index (χ3v) is 2.50. The van der Waals surface area contributed by atoms with E-state index >= 15 is 0 Å². The van der Waals surface area contributed by atoms with Gasteiger partial charge in [0, 0.05) is 5.56 Å². The van der Waals surface area contributed by atoms with Crippen LogP contribution in [0.15, 0.2) is 40.8 Å². The molecule has 0 unspecified atom stereocenters. The van der Waals surface area contributed by atoms with E-state index in [1.165, 1.54) is 0 Å². The van der Waals surface area contributed by atoms with Crippen molar-refractivity contribution in [2.75, 3.05) is 0 Å². The lowest BCUT2D eigenvalue weighted by atomic mass is 10.1. The second-order valence-electron chi connectivity index (χ2n) is 3.98. The molecular formula is C14H14O2. The van der Waals surface area contributed by atoms with E-state index in [1.807, 2.05) is 50.2 Å². The molecule has 0 amide bonds. The van der Waals surface area contributed by atoms with Crippen molar-refractivity contribution in [2.24, 2.45) is 0 Å². The van der Waals surface area contributed by atoms with E-state index in [2.05, 4.69) is 0 Å². The highest BCUT2D eigenvalue weighted by Gasteiger charge is 2.09. The number of benzene rings is 1. The van der Waals surface area contributed by atoms with Crippen molar-refractivity contribution < 1.29 is 9.21 Å². The molecule has 0 bridgehead atoms. The van der Waals surface area contributed by atoms with Gasteiger partial charge < -0.3 is 4.42 Å². The maximum Gasteiger partial charge on any atom is 0.170 e. The molecule has 0 aliphatic rings. The number of aryl methyl sites for hydroxylation is 2. The van der Waals surface area contributed by atoms with Gasteiger partial charge in [0.1, 0.15) is 11.5 Å². The standard InChI is InChI=1S/C14H14O2/c1-10-3-6-12(7-4-10)14(15)9-13-8-5-11(2)16-13/h3-8H,9H2,1-2H3. The largest absolute Gasteiger partial charge is 0.466 e. The van der Waals surface area contributed by atoms with Gasteiger partial charge in [0.25, 0.3) is 0 Å². The summed E-state index contributed by atoms with van der Waals surface area (Å²) in [6.45, 7) is 3.88. The van der Waals surface area contributed by atoms with Gasteiger partial charge in [0.05, 0.1) is 6.42 Å². The Morgan fingerprint density at radius 3 is 2.31 bits per heavy atom. The normalized spacial score (nSPS) is 10.4. The third-order valence-electron chi connectivity index (χ3n) is 2.50. The van der Waals surface area contributed by atoms with Gasteiger partial charge in [-0.05, 0) is 26.0 Å². The van der Waals surface area contributed by atoms with Crippen LogP contribution in [0.3, 0.4) is 0 Å². The van der Waals surface area contributed by atoms with Gasteiger partial charge in [0.15, 0.2) is 5.78 Å². The van der Waals surface area contributed by atoms with Crippen molar-refractivity contribution in [1.82, 2.24) is 0 Å². The molecule has 0 aliphatic heterocycles. The predicted octanol–water partition coefficient (Wildman–Crippen LogP) is 3.32. The minimum absolute atomic E-state index is 0.0920. The summed E-state index contributed by atoms with van der Waals surface area (Å²) in [6.07, 6.45) is 0.330. The van der Waals surface area contributed by atoms with Gasteiger partial charge >= 0.3 is 0 Å². The third kappa shape index (κ3) is 2.40. The predicted molar refractivity (Wildman–Crippen MR) is 62.7 cm³/mol. The van der Waals surface area contributed by atoms with Gasteiger partial charge in [-0.2, -0.15) is 0 Å². The van der Waals surface area contributed by atoms with Crippen LogP contribution in [-0.2, 0) is 6.42 Å². The fourth-order valence-corrected chi connectivity index (χ4v) is 1.58. The van der Waals surface area contributed by atoms with E-state index in [1.54, 1.807) is 0 Å². The first kappa shape index (κ1) is 10.7. The fourth-order valence-electron chi connectivity index (χ4n) is 1.58. The summed E-state index contributed by atoms with van der Waals surface area (Å²) in [5.74, 6) is 1.66. The Bertz CT molecular complexity index is 492. The van der Waals surface area contributed by atoms with Gasteiger partial charge in [-0.1, -0.05) is 29.8 Å². The molecule has 2 nitrogen and oxygen atoms in total. The number of carbonyl (C=O) groups is 1. The van der Waals surface area contributed by atoms with Crippen LogP contribution >= 0.6 is 0 Å². The number of rotatable bonds is 3. The quantitative estimate of drug-likeness (QED) is 0.734. The molecule has 16 heavy (non-hydrogen) atoms. The molecule has 1 aromatic heterocycles. The second kappa shape index (κ2) is 4.35. The second-order valence-corrected chi connectivity index (χ2v) is 3.98. The molecule has 1 heterocycles. The molecule has 2 heteroatoms. The number of carbonyl (C=O) groups excluding carboxylic acids is 1. The Morgan fingerprint density at radius 2 is 1.75 bits per heavy atom. The molecule has 0 spiro atoms. The van der Waals surface area contributed by atoms with Gasteiger partial charge in [0.2, 0.25) is 0 Å². The zero-order valence-electron chi connectivity index (χ0n) is 9.49. The van der Waals surface area contributed by atoms with Crippen LogP contribution in [0.4, 0.5) is 0 Å². The highest BCUT2D eigenvalue weighted by atomic mass is 16.3. The van der Waals surface area contributed by atoms with Crippen LogP contribution in [-0.4, -0.2) is 5.78 Å². The molecule has 2 rings (SSSR count).